The number of benzene rings is 1. The summed E-state index contributed by atoms with van der Waals surface area (Å²) in [5.41, 5.74) is 1.91. The van der Waals surface area contributed by atoms with E-state index in [-0.39, 0.29) is 31.2 Å². The van der Waals surface area contributed by atoms with Crippen molar-refractivity contribution in [3.05, 3.63) is 41.7 Å². The highest BCUT2D eigenvalue weighted by atomic mass is 16.7. The van der Waals surface area contributed by atoms with Crippen molar-refractivity contribution < 1.29 is 33.7 Å². The Morgan fingerprint density at radius 1 is 1.21 bits per heavy atom. The quantitative estimate of drug-likeness (QED) is 0.394. The third-order valence-electron chi connectivity index (χ3n) is 7.38. The molecule has 208 valence electrons. The first-order chi connectivity index (χ1) is 18.4. The second kappa shape index (κ2) is 12.5. The number of nitrogens with zero attached hydrogens (tertiary/aromatic N) is 3. The summed E-state index contributed by atoms with van der Waals surface area (Å²) in [7, 11) is 3.53. The lowest BCUT2D eigenvalue weighted by Crippen LogP contribution is -2.44. The number of hydroxylamine groups is 2. The smallest absolute Gasteiger partial charge is 0.308 e. The average Bonchev–Trinajstić information content (AvgIpc) is 3.63. The summed E-state index contributed by atoms with van der Waals surface area (Å²) in [6, 6.07) is 7.36. The lowest BCUT2D eigenvalue weighted by atomic mass is 9.83. The molecule has 1 fully saturated rings. The van der Waals surface area contributed by atoms with Crippen LogP contribution in [-0.4, -0.2) is 77.7 Å². The van der Waals surface area contributed by atoms with Crippen LogP contribution in [0.25, 0.3) is 0 Å². The number of carboxylic acid groups (broad SMARTS) is 1. The molecule has 2 aliphatic rings. The fourth-order valence-corrected chi connectivity index (χ4v) is 5.52. The first-order valence-corrected chi connectivity index (χ1v) is 13.4. The number of aliphatic carboxylic acids is 1. The van der Waals surface area contributed by atoms with E-state index >= 15 is 0 Å². The fourth-order valence-electron chi connectivity index (χ4n) is 5.52. The number of amides is 1. The van der Waals surface area contributed by atoms with Crippen LogP contribution >= 0.6 is 0 Å². The van der Waals surface area contributed by atoms with Gasteiger partial charge >= 0.3 is 5.97 Å². The molecule has 0 bridgehead atoms. The molecule has 1 N–H and O–H groups in total. The number of carbonyl (C=O) groups is 2. The molecule has 1 saturated heterocycles. The number of ether oxygens (including phenoxy) is 3. The molecule has 0 aliphatic carbocycles. The van der Waals surface area contributed by atoms with E-state index in [9.17, 15) is 14.7 Å². The van der Waals surface area contributed by atoms with Gasteiger partial charge in [-0.2, -0.15) is 0 Å². The van der Waals surface area contributed by atoms with Crippen LogP contribution in [0.4, 0.5) is 0 Å². The first kappa shape index (κ1) is 27.8. The summed E-state index contributed by atoms with van der Waals surface area (Å²) in [5.74, 6) is -0.542. The molecule has 3 heterocycles. The summed E-state index contributed by atoms with van der Waals surface area (Å²) < 4.78 is 18.7. The second-order valence-corrected chi connectivity index (χ2v) is 9.90. The van der Waals surface area contributed by atoms with Gasteiger partial charge in [0.05, 0.1) is 26.2 Å². The molecule has 10 heteroatoms. The van der Waals surface area contributed by atoms with Gasteiger partial charge in [0.15, 0.2) is 11.5 Å². The van der Waals surface area contributed by atoms with E-state index < -0.39 is 11.9 Å². The van der Waals surface area contributed by atoms with Crippen LogP contribution in [0.2, 0.25) is 0 Å². The Morgan fingerprint density at radius 2 is 2.03 bits per heavy atom. The minimum atomic E-state index is -0.883. The van der Waals surface area contributed by atoms with Gasteiger partial charge in [-0.15, -0.1) is 0 Å². The van der Waals surface area contributed by atoms with Crippen molar-refractivity contribution >= 4 is 11.9 Å². The van der Waals surface area contributed by atoms with Crippen molar-refractivity contribution in [2.45, 2.75) is 51.5 Å². The summed E-state index contributed by atoms with van der Waals surface area (Å²) in [6.45, 7) is 5.54. The summed E-state index contributed by atoms with van der Waals surface area (Å²) >= 11 is 0. The van der Waals surface area contributed by atoms with Gasteiger partial charge in [-0.3, -0.25) is 19.3 Å². The zero-order valence-corrected chi connectivity index (χ0v) is 22.7. The molecule has 4 rings (SSSR count). The lowest BCUT2D eigenvalue weighted by molar-refractivity contribution is -0.188. The first-order valence-electron chi connectivity index (χ1n) is 13.4. The van der Waals surface area contributed by atoms with Crippen LogP contribution in [0.3, 0.4) is 0 Å². The van der Waals surface area contributed by atoms with E-state index in [1.807, 2.05) is 60.8 Å². The summed E-state index contributed by atoms with van der Waals surface area (Å²) in [6.07, 6.45) is 4.85. The second-order valence-electron chi connectivity index (χ2n) is 9.90. The normalized spacial score (nSPS) is 20.6. The van der Waals surface area contributed by atoms with Crippen molar-refractivity contribution in [3.8, 4) is 17.2 Å². The topological polar surface area (TPSA) is 103 Å². The summed E-state index contributed by atoms with van der Waals surface area (Å²) in [5, 5.41) is 11.9. The Morgan fingerprint density at radius 3 is 2.68 bits per heavy atom. The van der Waals surface area contributed by atoms with Gasteiger partial charge in [-0.25, -0.2) is 5.06 Å². The molecular formula is C28H39N3O7. The van der Waals surface area contributed by atoms with Gasteiger partial charge in [0.2, 0.25) is 12.5 Å². The van der Waals surface area contributed by atoms with Crippen molar-refractivity contribution in [3.63, 3.8) is 0 Å². The van der Waals surface area contributed by atoms with Crippen molar-refractivity contribution in [1.82, 2.24) is 14.5 Å². The third-order valence-corrected chi connectivity index (χ3v) is 7.38. The number of likely N-dealkylation sites (tertiary alicyclic amines) is 1. The van der Waals surface area contributed by atoms with Gasteiger partial charge in [-0.1, -0.05) is 13.8 Å². The van der Waals surface area contributed by atoms with E-state index in [1.165, 1.54) is 5.06 Å². The van der Waals surface area contributed by atoms with Crippen LogP contribution in [0.5, 0.6) is 17.2 Å². The molecule has 2 aromatic rings. The van der Waals surface area contributed by atoms with Gasteiger partial charge in [-0.05, 0) is 55.5 Å². The molecule has 3 atom stereocenters. The number of fused-ring (bicyclic) bond motifs is 1. The minimum absolute atomic E-state index is 0.0868. The molecule has 2 aliphatic heterocycles. The zero-order chi connectivity index (χ0) is 27.2. The molecule has 1 amide bonds. The zero-order valence-electron chi connectivity index (χ0n) is 22.7. The largest absolute Gasteiger partial charge is 0.493 e. The number of aryl methyl sites for hydroxylation is 2. The Hall–Kier alpha value is -3.24. The number of aromatic nitrogens is 1. The molecule has 0 saturated carbocycles. The number of hydrogen-bond acceptors (Lipinski definition) is 7. The number of carboxylic acids is 1. The highest BCUT2D eigenvalue weighted by Gasteiger charge is 2.47. The monoisotopic (exact) mass is 529 g/mol. The maximum Gasteiger partial charge on any atom is 0.308 e. The highest BCUT2D eigenvalue weighted by Crippen LogP contribution is 2.47. The summed E-state index contributed by atoms with van der Waals surface area (Å²) in [4.78, 5) is 33.9. The Bertz CT molecular complexity index is 1120. The van der Waals surface area contributed by atoms with E-state index in [0.717, 1.165) is 24.1 Å². The lowest BCUT2D eigenvalue weighted by Gasteiger charge is -2.29. The third kappa shape index (κ3) is 5.91. The van der Waals surface area contributed by atoms with Gasteiger partial charge in [0, 0.05) is 44.0 Å². The van der Waals surface area contributed by atoms with Gasteiger partial charge in [0.1, 0.15) is 0 Å². The molecular weight excluding hydrogens is 490 g/mol. The van der Waals surface area contributed by atoms with Crippen molar-refractivity contribution in [1.29, 1.82) is 0 Å². The van der Waals surface area contributed by atoms with Gasteiger partial charge < -0.3 is 23.9 Å². The van der Waals surface area contributed by atoms with E-state index in [1.54, 1.807) is 7.11 Å². The number of methoxy groups -OCH3 is 1. The average molecular weight is 530 g/mol. The highest BCUT2D eigenvalue weighted by molar-refractivity contribution is 5.78. The van der Waals surface area contributed by atoms with Crippen LogP contribution < -0.4 is 14.2 Å². The fraction of sp³-hybridized carbons (Fsp3) is 0.571. The van der Waals surface area contributed by atoms with Crippen LogP contribution in [0.15, 0.2) is 30.5 Å². The number of rotatable bonds is 13. The van der Waals surface area contributed by atoms with E-state index in [4.69, 9.17) is 19.0 Å². The van der Waals surface area contributed by atoms with Crippen LogP contribution in [-0.2, 0) is 27.9 Å². The maximum atomic E-state index is 13.4. The molecule has 0 spiro atoms. The molecule has 1 aromatic carbocycles. The molecule has 38 heavy (non-hydrogen) atoms. The maximum absolute atomic E-state index is 13.4. The molecule has 10 nitrogen and oxygen atoms in total. The van der Waals surface area contributed by atoms with Crippen molar-refractivity contribution in [2.75, 3.05) is 40.1 Å². The van der Waals surface area contributed by atoms with E-state index in [0.29, 0.717) is 49.8 Å². The Balaban J connectivity index is 1.65. The molecule has 1 aromatic heterocycles. The molecule has 3 unspecified atom stereocenters. The van der Waals surface area contributed by atoms with E-state index in [2.05, 4.69) is 0 Å². The minimum Gasteiger partial charge on any atom is -0.493 e. The van der Waals surface area contributed by atoms with Gasteiger partial charge in [0.25, 0.3) is 5.91 Å². The molecule has 0 radical (unpaired) electrons. The standard InChI is InChI=1S/C28H39N3O7/c1-5-11-31(38-13-6-2)25(32)17-30-16-21(19-14-23(35-4)27-24(15-19)36-18-37-27)26(28(33)34)22(30)10-9-20-8-7-12-29(20)3/h7-8,12,14-15,21-22,26H,5-6,9-11,13,16-18H2,1-4H3,(H,33,34). The number of carbonyl (C=O) groups excluding carboxylic acids is 1. The Labute approximate surface area is 224 Å². The predicted octanol–water partition coefficient (Wildman–Crippen LogP) is 3.44. The van der Waals surface area contributed by atoms with Crippen LogP contribution in [0.1, 0.15) is 50.3 Å². The Kier molecular flexibility index (Phi) is 9.17. The number of hydrogen-bond donors (Lipinski definition) is 1. The predicted molar refractivity (Wildman–Crippen MR) is 140 cm³/mol. The van der Waals surface area contributed by atoms with Crippen LogP contribution in [0, 0.1) is 5.92 Å². The van der Waals surface area contributed by atoms with Crippen molar-refractivity contribution in [2.24, 2.45) is 13.0 Å². The SMILES string of the molecule is CCCON(CCC)C(=O)CN1CC(c2cc(OC)c3c(c2)OCO3)C(C(=O)O)C1CCc1cccn1C.